The maximum absolute atomic E-state index is 12.7. The van der Waals surface area contributed by atoms with Crippen LogP contribution in [-0.4, -0.2) is 33.3 Å². The first-order valence-corrected chi connectivity index (χ1v) is 8.25. The van der Waals surface area contributed by atoms with Crippen LogP contribution in [-0.2, 0) is 6.42 Å². The van der Waals surface area contributed by atoms with E-state index in [2.05, 4.69) is 6.58 Å². The van der Waals surface area contributed by atoms with Crippen LogP contribution in [0.4, 0.5) is 0 Å². The first kappa shape index (κ1) is 16.5. The highest BCUT2D eigenvalue weighted by atomic mass is 16.5. The molecule has 4 rings (SSSR count). The number of hydrogen-bond acceptors (Lipinski definition) is 6. The molecule has 6 nitrogen and oxygen atoms in total. The van der Waals surface area contributed by atoms with E-state index in [1.807, 2.05) is 6.92 Å². The van der Waals surface area contributed by atoms with Gasteiger partial charge in [-0.1, -0.05) is 18.7 Å². The van der Waals surface area contributed by atoms with Crippen molar-refractivity contribution in [2.75, 3.05) is 0 Å². The number of phenolic OH excluding ortho intramolecular Hbond substituents is 2. The summed E-state index contributed by atoms with van der Waals surface area (Å²) in [7, 11) is 0. The predicted molar refractivity (Wildman–Crippen MR) is 92.9 cm³/mol. The summed E-state index contributed by atoms with van der Waals surface area (Å²) in [6.07, 6.45) is -2.26. The molecule has 0 saturated carbocycles. The second-order valence-electron chi connectivity index (χ2n) is 6.67. The summed E-state index contributed by atoms with van der Waals surface area (Å²) in [6.45, 7) is 5.70. The Morgan fingerprint density at radius 3 is 2.50 bits per heavy atom. The summed E-state index contributed by atoms with van der Waals surface area (Å²) in [5.74, 6) is -0.141. The van der Waals surface area contributed by atoms with E-state index in [4.69, 9.17) is 9.47 Å². The fourth-order valence-corrected chi connectivity index (χ4v) is 3.35. The number of carbonyl (C=O) groups is 1. The molecular formula is C20H18O6. The highest BCUT2D eigenvalue weighted by Gasteiger charge is 2.41. The third-order valence-corrected chi connectivity index (χ3v) is 4.81. The molecule has 0 aliphatic carbocycles. The molecule has 2 aromatic rings. The molecule has 6 heteroatoms. The number of aliphatic hydroxyl groups excluding tert-OH is 1. The van der Waals surface area contributed by atoms with Gasteiger partial charge in [0, 0.05) is 18.1 Å². The molecule has 134 valence electrons. The van der Waals surface area contributed by atoms with Crippen LogP contribution in [0.3, 0.4) is 0 Å². The molecule has 3 N–H and O–H groups in total. The molecule has 0 spiro atoms. The number of ether oxygens (including phenoxy) is 2. The quantitative estimate of drug-likeness (QED) is 0.718. The summed E-state index contributed by atoms with van der Waals surface area (Å²) in [6, 6.07) is 7.62. The third-order valence-electron chi connectivity index (χ3n) is 4.81. The molecule has 26 heavy (non-hydrogen) atoms. The van der Waals surface area contributed by atoms with E-state index in [0.717, 1.165) is 5.57 Å². The van der Waals surface area contributed by atoms with Gasteiger partial charge in [0.25, 0.3) is 0 Å². The van der Waals surface area contributed by atoms with E-state index in [9.17, 15) is 20.1 Å². The van der Waals surface area contributed by atoms with Crippen molar-refractivity contribution in [3.8, 4) is 23.0 Å². The molecule has 2 aliphatic heterocycles. The summed E-state index contributed by atoms with van der Waals surface area (Å²) in [5.41, 5.74) is 1.84. The fraction of sp³-hybridized carbons (Fsp3) is 0.250. The summed E-state index contributed by atoms with van der Waals surface area (Å²) >= 11 is 0. The standard InChI is InChI=1S/C20H18O6/c1-9(2)13-7-12-14(25-13)8-15-16(17(12)22)18(23)19(24)20(26-15)10-3-5-11(21)6-4-10/h3-6,8,13,19-22,24H,1,7H2,2H3/t13-,19-,20-/m1/s1. The first-order valence-electron chi connectivity index (χ1n) is 8.25. The van der Waals surface area contributed by atoms with Gasteiger partial charge in [-0.3, -0.25) is 4.79 Å². The van der Waals surface area contributed by atoms with Gasteiger partial charge in [0.2, 0.25) is 5.78 Å². The van der Waals surface area contributed by atoms with Gasteiger partial charge in [0.05, 0.1) is 0 Å². The number of carbonyl (C=O) groups excluding carboxylic acids is 1. The van der Waals surface area contributed by atoms with Crippen molar-refractivity contribution in [3.05, 3.63) is 59.2 Å². The third kappa shape index (κ3) is 2.42. The van der Waals surface area contributed by atoms with Gasteiger partial charge in [-0.05, 0) is 30.2 Å². The summed E-state index contributed by atoms with van der Waals surface area (Å²) in [4.78, 5) is 12.7. The molecule has 0 aromatic heterocycles. The summed E-state index contributed by atoms with van der Waals surface area (Å²) < 4.78 is 11.6. The Morgan fingerprint density at radius 2 is 1.85 bits per heavy atom. The number of aliphatic hydroxyl groups is 1. The number of aromatic hydroxyl groups is 2. The minimum Gasteiger partial charge on any atom is -0.508 e. The molecule has 0 radical (unpaired) electrons. The van der Waals surface area contributed by atoms with Crippen LogP contribution >= 0.6 is 0 Å². The van der Waals surface area contributed by atoms with Crippen molar-refractivity contribution in [2.45, 2.75) is 31.7 Å². The number of fused-ring (bicyclic) bond motifs is 2. The lowest BCUT2D eigenvalue weighted by Crippen LogP contribution is -2.36. The Labute approximate surface area is 149 Å². The molecule has 2 heterocycles. The number of hydrogen-bond donors (Lipinski definition) is 3. The van der Waals surface area contributed by atoms with Crippen LogP contribution in [0.5, 0.6) is 23.0 Å². The van der Waals surface area contributed by atoms with Crippen LogP contribution in [0.15, 0.2) is 42.5 Å². The van der Waals surface area contributed by atoms with Crippen molar-refractivity contribution in [1.29, 1.82) is 0 Å². The lowest BCUT2D eigenvalue weighted by molar-refractivity contribution is 0.0210. The topological polar surface area (TPSA) is 96.2 Å². The van der Waals surface area contributed by atoms with Gasteiger partial charge in [0.15, 0.2) is 12.2 Å². The molecule has 0 bridgehead atoms. The Morgan fingerprint density at radius 1 is 1.15 bits per heavy atom. The zero-order chi connectivity index (χ0) is 18.6. The molecule has 0 amide bonds. The van der Waals surface area contributed by atoms with Crippen molar-refractivity contribution >= 4 is 5.78 Å². The molecule has 2 aromatic carbocycles. The van der Waals surface area contributed by atoms with Crippen LogP contribution < -0.4 is 9.47 Å². The number of benzene rings is 2. The Hall–Kier alpha value is -2.99. The van der Waals surface area contributed by atoms with Gasteiger partial charge >= 0.3 is 0 Å². The van der Waals surface area contributed by atoms with Crippen molar-refractivity contribution in [3.63, 3.8) is 0 Å². The maximum Gasteiger partial charge on any atom is 0.202 e. The molecule has 3 atom stereocenters. The first-order chi connectivity index (χ1) is 12.4. The Kier molecular flexibility index (Phi) is 3.66. The minimum atomic E-state index is -1.46. The Balaban J connectivity index is 1.77. The van der Waals surface area contributed by atoms with E-state index < -0.39 is 18.0 Å². The average Bonchev–Trinajstić information content (AvgIpc) is 3.04. The number of rotatable bonds is 2. The summed E-state index contributed by atoms with van der Waals surface area (Å²) in [5, 5.41) is 30.4. The van der Waals surface area contributed by atoms with Gasteiger partial charge in [0.1, 0.15) is 34.7 Å². The number of phenols is 2. The van der Waals surface area contributed by atoms with Gasteiger partial charge in [-0.25, -0.2) is 0 Å². The van der Waals surface area contributed by atoms with Crippen molar-refractivity contribution in [2.24, 2.45) is 0 Å². The van der Waals surface area contributed by atoms with E-state index >= 15 is 0 Å². The molecular weight excluding hydrogens is 336 g/mol. The van der Waals surface area contributed by atoms with E-state index in [-0.39, 0.29) is 28.9 Å². The molecule has 0 unspecified atom stereocenters. The number of Topliss-reactive ketones (excluding diaryl/α,β-unsaturated/α-hetero) is 1. The zero-order valence-electron chi connectivity index (χ0n) is 14.1. The number of ketones is 1. The fourth-order valence-electron chi connectivity index (χ4n) is 3.35. The van der Waals surface area contributed by atoms with Crippen LogP contribution in [0.25, 0.3) is 0 Å². The molecule has 0 fully saturated rings. The van der Waals surface area contributed by atoms with Gasteiger partial charge in [-0.2, -0.15) is 0 Å². The van der Waals surface area contributed by atoms with E-state index in [1.54, 1.807) is 18.2 Å². The normalized spacial score (nSPS) is 23.6. The van der Waals surface area contributed by atoms with E-state index in [1.165, 1.54) is 12.1 Å². The maximum atomic E-state index is 12.7. The molecule has 0 saturated heterocycles. The highest BCUT2D eigenvalue weighted by Crippen LogP contribution is 2.48. The zero-order valence-corrected chi connectivity index (χ0v) is 14.1. The predicted octanol–water partition coefficient (Wildman–Crippen LogP) is 2.65. The largest absolute Gasteiger partial charge is 0.508 e. The lowest BCUT2D eigenvalue weighted by atomic mass is 9.91. The van der Waals surface area contributed by atoms with Crippen LogP contribution in [0, 0.1) is 0 Å². The van der Waals surface area contributed by atoms with E-state index in [0.29, 0.717) is 23.3 Å². The van der Waals surface area contributed by atoms with Crippen molar-refractivity contribution < 1.29 is 29.6 Å². The monoisotopic (exact) mass is 354 g/mol. The van der Waals surface area contributed by atoms with Gasteiger partial charge < -0.3 is 24.8 Å². The SMILES string of the molecule is C=C(C)[C@H]1Cc2c(cc3c(c2O)C(=O)[C@@H](O)[C@@H](c2ccc(O)cc2)O3)O1. The molecule has 2 aliphatic rings. The second kappa shape index (κ2) is 5.78. The van der Waals surface area contributed by atoms with Crippen molar-refractivity contribution in [1.82, 2.24) is 0 Å². The second-order valence-corrected chi connectivity index (χ2v) is 6.67. The Bertz CT molecular complexity index is 915. The highest BCUT2D eigenvalue weighted by molar-refractivity contribution is 6.06. The van der Waals surface area contributed by atoms with Crippen LogP contribution in [0.1, 0.15) is 34.5 Å². The minimum absolute atomic E-state index is 0.0303. The van der Waals surface area contributed by atoms with Gasteiger partial charge in [-0.15, -0.1) is 0 Å². The average molecular weight is 354 g/mol. The smallest absolute Gasteiger partial charge is 0.202 e. The lowest BCUT2D eigenvalue weighted by Gasteiger charge is -2.30. The van der Waals surface area contributed by atoms with Crippen LogP contribution in [0.2, 0.25) is 0 Å².